The standard InChI is InChI=1S/C32H46N4O/c1-22-16-23(2)26(24(3)17-22)19-28(33)31(37)35-30-10-14-34-29-9-8-25(18-27(29)30)20-36-15-7-13-32(21-36)11-5-4-6-12-32/h8-9,16-18,28,30,34H,4-7,10-15,19-21,33H2,1-3H3,(H,35,37)/t28-,30+/m0/s1. The monoisotopic (exact) mass is 502 g/mol. The molecule has 5 heteroatoms. The first-order valence-corrected chi connectivity index (χ1v) is 14.5. The molecule has 0 unspecified atom stereocenters. The lowest BCUT2D eigenvalue weighted by molar-refractivity contribution is -0.123. The van der Waals surface area contributed by atoms with Crippen LogP contribution in [-0.4, -0.2) is 36.5 Å². The van der Waals surface area contributed by atoms with Crippen LogP contribution >= 0.6 is 0 Å². The Labute approximate surface area is 223 Å². The van der Waals surface area contributed by atoms with E-state index in [0.717, 1.165) is 25.2 Å². The number of nitrogens with two attached hydrogens (primary N) is 1. The van der Waals surface area contributed by atoms with Crippen LogP contribution in [0.1, 0.15) is 90.8 Å². The van der Waals surface area contributed by atoms with Gasteiger partial charge in [-0.15, -0.1) is 0 Å². The van der Waals surface area contributed by atoms with Crippen molar-refractivity contribution in [3.8, 4) is 0 Å². The number of aryl methyl sites for hydroxylation is 3. The number of carbonyl (C=O) groups excluding carboxylic acids is 1. The zero-order valence-corrected chi connectivity index (χ0v) is 23.2. The first-order valence-electron chi connectivity index (χ1n) is 14.5. The van der Waals surface area contributed by atoms with E-state index in [9.17, 15) is 4.79 Å². The van der Waals surface area contributed by atoms with E-state index >= 15 is 0 Å². The van der Waals surface area contributed by atoms with Crippen molar-refractivity contribution >= 4 is 11.6 Å². The van der Waals surface area contributed by atoms with Crippen molar-refractivity contribution in [2.75, 3.05) is 25.0 Å². The maximum Gasteiger partial charge on any atom is 0.237 e. The second kappa shape index (κ2) is 11.2. The summed E-state index contributed by atoms with van der Waals surface area (Å²) in [5.74, 6) is -0.0575. The number of piperidine rings is 1. The SMILES string of the molecule is Cc1cc(C)c(C[C@H](N)C(=O)N[C@@H]2CCNc3ccc(CN4CCCC5(CCCCC5)C4)cc32)c(C)c1. The molecule has 2 atom stereocenters. The van der Waals surface area contributed by atoms with E-state index < -0.39 is 6.04 Å². The molecule has 0 bridgehead atoms. The van der Waals surface area contributed by atoms with Crippen LogP contribution in [0.3, 0.4) is 0 Å². The number of fused-ring (bicyclic) bond motifs is 1. The van der Waals surface area contributed by atoms with Crippen LogP contribution in [-0.2, 0) is 17.8 Å². The molecule has 2 aromatic rings. The zero-order chi connectivity index (χ0) is 26.0. The number of amides is 1. The Morgan fingerprint density at radius 2 is 1.81 bits per heavy atom. The van der Waals surface area contributed by atoms with Crippen LogP contribution in [0, 0.1) is 26.2 Å². The summed E-state index contributed by atoms with van der Waals surface area (Å²) in [6.45, 7) is 10.6. The molecule has 5 rings (SSSR count). The average Bonchev–Trinajstić information content (AvgIpc) is 2.87. The summed E-state index contributed by atoms with van der Waals surface area (Å²) in [6, 6.07) is 10.6. The number of rotatable bonds is 6. The molecule has 2 aromatic carbocycles. The van der Waals surface area contributed by atoms with Crippen LogP contribution in [0.5, 0.6) is 0 Å². The number of hydrogen-bond donors (Lipinski definition) is 3. The highest BCUT2D eigenvalue weighted by Gasteiger charge is 2.36. The highest BCUT2D eigenvalue weighted by Crippen LogP contribution is 2.43. The summed E-state index contributed by atoms with van der Waals surface area (Å²) >= 11 is 0. The predicted molar refractivity (Wildman–Crippen MR) is 153 cm³/mol. The minimum absolute atomic E-state index is 0.000930. The van der Waals surface area contributed by atoms with Crippen molar-refractivity contribution in [3.63, 3.8) is 0 Å². The van der Waals surface area contributed by atoms with Gasteiger partial charge in [-0.05, 0) is 105 Å². The third kappa shape index (κ3) is 6.04. The minimum atomic E-state index is -0.554. The fraction of sp³-hybridized carbons (Fsp3) is 0.594. The van der Waals surface area contributed by atoms with Crippen molar-refractivity contribution in [1.29, 1.82) is 0 Å². The summed E-state index contributed by atoms with van der Waals surface area (Å²) in [5, 5.41) is 6.84. The molecular weight excluding hydrogens is 456 g/mol. The number of hydrogen-bond acceptors (Lipinski definition) is 4. The molecule has 1 spiro atoms. The van der Waals surface area contributed by atoms with Crippen LogP contribution in [0.4, 0.5) is 5.69 Å². The minimum Gasteiger partial charge on any atom is -0.385 e. The van der Waals surface area contributed by atoms with Crippen molar-refractivity contribution in [3.05, 3.63) is 63.7 Å². The lowest BCUT2D eigenvalue weighted by atomic mass is 9.69. The molecule has 1 aliphatic carbocycles. The van der Waals surface area contributed by atoms with Gasteiger partial charge in [0.2, 0.25) is 5.91 Å². The lowest BCUT2D eigenvalue weighted by Gasteiger charge is -2.45. The predicted octanol–water partition coefficient (Wildman–Crippen LogP) is 5.70. The molecule has 5 nitrogen and oxygen atoms in total. The highest BCUT2D eigenvalue weighted by atomic mass is 16.2. The lowest BCUT2D eigenvalue weighted by Crippen LogP contribution is -2.45. The van der Waals surface area contributed by atoms with Crippen molar-refractivity contribution < 1.29 is 4.79 Å². The van der Waals surface area contributed by atoms with Gasteiger partial charge in [0, 0.05) is 25.3 Å². The molecule has 200 valence electrons. The van der Waals surface area contributed by atoms with Gasteiger partial charge >= 0.3 is 0 Å². The van der Waals surface area contributed by atoms with Gasteiger partial charge in [-0.3, -0.25) is 9.69 Å². The third-order valence-corrected chi connectivity index (χ3v) is 9.22. The molecule has 2 aliphatic heterocycles. The van der Waals surface area contributed by atoms with E-state index in [1.54, 1.807) is 0 Å². The molecule has 0 aromatic heterocycles. The maximum atomic E-state index is 13.2. The summed E-state index contributed by atoms with van der Waals surface area (Å²) in [5.41, 5.74) is 15.6. The smallest absolute Gasteiger partial charge is 0.237 e. The molecule has 2 heterocycles. The Hall–Kier alpha value is -2.37. The number of nitrogens with zero attached hydrogens (tertiary/aromatic N) is 1. The molecule has 3 aliphatic rings. The van der Waals surface area contributed by atoms with Crippen LogP contribution in [0.15, 0.2) is 30.3 Å². The van der Waals surface area contributed by atoms with E-state index in [0.29, 0.717) is 11.8 Å². The Morgan fingerprint density at radius 1 is 1.08 bits per heavy atom. The summed E-state index contributed by atoms with van der Waals surface area (Å²) in [6.07, 6.45) is 11.2. The van der Waals surface area contributed by atoms with Crippen LogP contribution in [0.25, 0.3) is 0 Å². The second-order valence-corrected chi connectivity index (χ2v) is 12.3. The van der Waals surface area contributed by atoms with E-state index in [1.807, 2.05) is 0 Å². The summed E-state index contributed by atoms with van der Waals surface area (Å²) in [7, 11) is 0. The maximum absolute atomic E-state index is 13.2. The topological polar surface area (TPSA) is 70.4 Å². The van der Waals surface area contributed by atoms with E-state index in [1.165, 1.54) is 91.4 Å². The van der Waals surface area contributed by atoms with Gasteiger partial charge in [0.15, 0.2) is 0 Å². The van der Waals surface area contributed by atoms with Gasteiger partial charge in [-0.2, -0.15) is 0 Å². The first kappa shape index (κ1) is 26.2. The number of carbonyl (C=O) groups is 1. The van der Waals surface area contributed by atoms with Gasteiger partial charge < -0.3 is 16.4 Å². The van der Waals surface area contributed by atoms with E-state index in [-0.39, 0.29) is 11.9 Å². The molecule has 2 fully saturated rings. The number of anilines is 1. The fourth-order valence-electron chi connectivity index (χ4n) is 7.35. The van der Waals surface area contributed by atoms with Gasteiger partial charge in [-0.25, -0.2) is 0 Å². The molecule has 0 radical (unpaired) electrons. The average molecular weight is 503 g/mol. The highest BCUT2D eigenvalue weighted by molar-refractivity contribution is 5.82. The molecule has 1 saturated carbocycles. The van der Waals surface area contributed by atoms with Gasteiger partial charge in [0.05, 0.1) is 12.1 Å². The number of benzene rings is 2. The Morgan fingerprint density at radius 3 is 2.57 bits per heavy atom. The van der Waals surface area contributed by atoms with Crippen molar-refractivity contribution in [2.45, 2.75) is 97.2 Å². The van der Waals surface area contributed by atoms with Crippen molar-refractivity contribution in [1.82, 2.24) is 10.2 Å². The Balaban J connectivity index is 1.25. The van der Waals surface area contributed by atoms with Gasteiger partial charge in [0.1, 0.15) is 0 Å². The summed E-state index contributed by atoms with van der Waals surface area (Å²) < 4.78 is 0. The number of nitrogens with one attached hydrogen (secondary N) is 2. The largest absolute Gasteiger partial charge is 0.385 e. The van der Waals surface area contributed by atoms with E-state index in [4.69, 9.17) is 5.73 Å². The van der Waals surface area contributed by atoms with Gasteiger partial charge in [0.25, 0.3) is 0 Å². The number of likely N-dealkylation sites (tertiary alicyclic amines) is 1. The normalized spacial score (nSPS) is 22.2. The fourth-order valence-corrected chi connectivity index (χ4v) is 7.35. The van der Waals surface area contributed by atoms with Crippen LogP contribution in [0.2, 0.25) is 0 Å². The van der Waals surface area contributed by atoms with Gasteiger partial charge in [-0.1, -0.05) is 49.1 Å². The molecule has 4 N–H and O–H groups in total. The quantitative estimate of drug-likeness (QED) is 0.474. The molecule has 1 saturated heterocycles. The molecule has 1 amide bonds. The first-order chi connectivity index (χ1) is 17.8. The van der Waals surface area contributed by atoms with Crippen LogP contribution < -0.4 is 16.4 Å². The van der Waals surface area contributed by atoms with E-state index in [2.05, 4.69) is 66.6 Å². The summed E-state index contributed by atoms with van der Waals surface area (Å²) in [4.78, 5) is 15.9. The molecular formula is C32H46N4O. The zero-order valence-electron chi connectivity index (χ0n) is 23.2. The third-order valence-electron chi connectivity index (χ3n) is 9.22. The second-order valence-electron chi connectivity index (χ2n) is 12.3. The molecule has 37 heavy (non-hydrogen) atoms. The Bertz CT molecular complexity index is 1090. The Kier molecular flexibility index (Phi) is 7.92. The van der Waals surface area contributed by atoms with Crippen molar-refractivity contribution in [2.24, 2.45) is 11.1 Å².